The highest BCUT2D eigenvalue weighted by molar-refractivity contribution is 7.98. The molecule has 0 aliphatic heterocycles. The molecule has 0 amide bonds. The van der Waals surface area contributed by atoms with Crippen LogP contribution in [0.2, 0.25) is 5.02 Å². The summed E-state index contributed by atoms with van der Waals surface area (Å²) in [4.78, 5) is 8.09. The van der Waals surface area contributed by atoms with Gasteiger partial charge in [0, 0.05) is 0 Å². The van der Waals surface area contributed by atoms with Crippen molar-refractivity contribution >= 4 is 23.4 Å². The maximum absolute atomic E-state index is 5.70. The normalized spacial score (nSPS) is 7.93. The highest BCUT2D eigenvalue weighted by atomic mass is 35.5. The first kappa shape index (κ1) is 16.2. The van der Waals surface area contributed by atoms with Crippen LogP contribution in [0.1, 0.15) is 33.4 Å². The Hall–Kier alpha value is -0.280. The van der Waals surface area contributed by atoms with Gasteiger partial charge in [0.1, 0.15) is 0 Å². The van der Waals surface area contributed by atoms with Crippen LogP contribution in [0.5, 0.6) is 0 Å². The molecule has 82 valence electrons. The summed E-state index contributed by atoms with van der Waals surface area (Å²) in [6, 6.07) is 0. The molecule has 4 heteroatoms. The average Bonchev–Trinajstić information content (AvgIpc) is 2.28. The third kappa shape index (κ3) is 6.22. The minimum atomic E-state index is 0.623. The maximum Gasteiger partial charge on any atom is 0.187 e. The van der Waals surface area contributed by atoms with Crippen LogP contribution in [-0.2, 0) is 0 Å². The van der Waals surface area contributed by atoms with Gasteiger partial charge in [0.15, 0.2) is 5.16 Å². The standard InChI is InChI=1S/C6H7ClN2S.2C2H6/c1-4-5(7)3-8-6(9-4)10-2;2*1-2/h3H,1-2H3;2*1-2H3. The lowest BCUT2D eigenvalue weighted by Crippen LogP contribution is -1.88. The largest absolute Gasteiger partial charge is 0.230 e. The first-order valence-corrected chi connectivity index (χ1v) is 6.37. The van der Waals surface area contributed by atoms with E-state index >= 15 is 0 Å². The predicted molar refractivity (Wildman–Crippen MR) is 66.3 cm³/mol. The zero-order valence-corrected chi connectivity index (χ0v) is 11.3. The smallest absolute Gasteiger partial charge is 0.187 e. The quantitative estimate of drug-likeness (QED) is 0.538. The fourth-order valence-corrected chi connectivity index (χ4v) is 1.01. The Balaban J connectivity index is 0. The molecule has 1 aromatic heterocycles. The minimum Gasteiger partial charge on any atom is -0.230 e. The zero-order valence-electron chi connectivity index (χ0n) is 9.76. The molecular weight excluding hydrogens is 216 g/mol. The molecule has 0 radical (unpaired) electrons. The number of halogens is 1. The monoisotopic (exact) mass is 234 g/mol. The van der Waals surface area contributed by atoms with E-state index in [1.165, 1.54) is 11.8 Å². The number of rotatable bonds is 1. The molecule has 1 heterocycles. The Morgan fingerprint density at radius 3 is 2.07 bits per heavy atom. The number of hydrogen-bond donors (Lipinski definition) is 0. The van der Waals surface area contributed by atoms with E-state index in [9.17, 15) is 0 Å². The molecule has 0 atom stereocenters. The van der Waals surface area contributed by atoms with E-state index in [2.05, 4.69) is 9.97 Å². The second kappa shape index (κ2) is 10.8. The third-order valence-electron chi connectivity index (χ3n) is 1.08. The van der Waals surface area contributed by atoms with Crippen molar-refractivity contribution < 1.29 is 0 Å². The lowest BCUT2D eigenvalue weighted by atomic mass is 10.5. The fraction of sp³-hybridized carbons (Fsp3) is 0.600. The van der Waals surface area contributed by atoms with Crippen molar-refractivity contribution in [3.63, 3.8) is 0 Å². The van der Waals surface area contributed by atoms with Gasteiger partial charge < -0.3 is 0 Å². The molecule has 0 N–H and O–H groups in total. The van der Waals surface area contributed by atoms with Gasteiger partial charge in [-0.3, -0.25) is 0 Å². The van der Waals surface area contributed by atoms with Gasteiger partial charge in [0.2, 0.25) is 0 Å². The van der Waals surface area contributed by atoms with Crippen LogP contribution in [0.15, 0.2) is 11.4 Å². The molecule has 0 aliphatic rings. The van der Waals surface area contributed by atoms with Crippen LogP contribution in [-0.4, -0.2) is 16.2 Å². The Bertz CT molecular complexity index is 242. The second-order valence-electron chi connectivity index (χ2n) is 1.79. The molecule has 0 spiro atoms. The maximum atomic E-state index is 5.70. The van der Waals surface area contributed by atoms with E-state index in [4.69, 9.17) is 11.6 Å². The fourth-order valence-electron chi connectivity index (χ4n) is 0.529. The van der Waals surface area contributed by atoms with E-state index in [-0.39, 0.29) is 0 Å². The van der Waals surface area contributed by atoms with Crippen molar-refractivity contribution in [1.82, 2.24) is 9.97 Å². The van der Waals surface area contributed by atoms with E-state index in [1.54, 1.807) is 6.20 Å². The first-order chi connectivity index (χ1) is 6.74. The van der Waals surface area contributed by atoms with Crippen LogP contribution in [0.4, 0.5) is 0 Å². The van der Waals surface area contributed by atoms with Gasteiger partial charge in [0.05, 0.1) is 16.9 Å². The Kier molecular flexibility index (Phi) is 12.5. The number of thioether (sulfide) groups is 1. The summed E-state index contributed by atoms with van der Waals surface area (Å²) in [5.74, 6) is 0. The van der Waals surface area contributed by atoms with Gasteiger partial charge in [0.25, 0.3) is 0 Å². The highest BCUT2D eigenvalue weighted by Crippen LogP contribution is 2.14. The SMILES string of the molecule is CC.CC.CSc1ncc(Cl)c(C)n1. The molecule has 0 aliphatic carbocycles. The second-order valence-corrected chi connectivity index (χ2v) is 2.97. The van der Waals surface area contributed by atoms with Gasteiger partial charge in [-0.1, -0.05) is 51.1 Å². The Labute approximate surface area is 96.5 Å². The van der Waals surface area contributed by atoms with Crippen molar-refractivity contribution in [1.29, 1.82) is 0 Å². The van der Waals surface area contributed by atoms with Crippen LogP contribution in [0.25, 0.3) is 0 Å². The van der Waals surface area contributed by atoms with Crippen molar-refractivity contribution in [2.24, 2.45) is 0 Å². The lowest BCUT2D eigenvalue weighted by molar-refractivity contribution is 0.935. The number of aromatic nitrogens is 2. The predicted octanol–water partition coefficient (Wildman–Crippen LogP) is 4.21. The van der Waals surface area contributed by atoms with Crippen molar-refractivity contribution in [2.75, 3.05) is 6.26 Å². The summed E-state index contributed by atoms with van der Waals surface area (Å²) in [5, 5.41) is 1.39. The molecule has 0 unspecified atom stereocenters. The van der Waals surface area contributed by atoms with Gasteiger partial charge in [-0.15, -0.1) is 0 Å². The van der Waals surface area contributed by atoms with Crippen molar-refractivity contribution in [2.45, 2.75) is 39.8 Å². The zero-order chi connectivity index (χ0) is 11.6. The molecule has 1 rings (SSSR count). The van der Waals surface area contributed by atoms with Crippen molar-refractivity contribution in [3.05, 3.63) is 16.9 Å². The molecular formula is C10H19ClN2S. The number of aryl methyl sites for hydroxylation is 1. The average molecular weight is 235 g/mol. The van der Waals surface area contributed by atoms with Gasteiger partial charge in [-0.05, 0) is 13.2 Å². The number of hydrogen-bond acceptors (Lipinski definition) is 3. The molecule has 0 aromatic carbocycles. The molecule has 0 saturated carbocycles. The van der Waals surface area contributed by atoms with Gasteiger partial charge >= 0.3 is 0 Å². The van der Waals surface area contributed by atoms with E-state index in [0.717, 1.165) is 10.9 Å². The Morgan fingerprint density at radius 1 is 1.21 bits per heavy atom. The minimum absolute atomic E-state index is 0.623. The van der Waals surface area contributed by atoms with Gasteiger partial charge in [-0.25, -0.2) is 9.97 Å². The molecule has 0 fully saturated rings. The molecule has 0 bridgehead atoms. The summed E-state index contributed by atoms with van der Waals surface area (Å²) in [6.07, 6.45) is 3.55. The van der Waals surface area contributed by atoms with Crippen LogP contribution < -0.4 is 0 Å². The lowest BCUT2D eigenvalue weighted by Gasteiger charge is -1.96. The molecule has 0 saturated heterocycles. The summed E-state index contributed by atoms with van der Waals surface area (Å²) in [6.45, 7) is 9.86. The molecule has 1 aromatic rings. The first-order valence-electron chi connectivity index (χ1n) is 4.77. The molecule has 2 nitrogen and oxygen atoms in total. The van der Waals surface area contributed by atoms with E-state index in [0.29, 0.717) is 5.02 Å². The highest BCUT2D eigenvalue weighted by Gasteiger charge is 1.97. The van der Waals surface area contributed by atoms with Crippen molar-refractivity contribution in [3.8, 4) is 0 Å². The van der Waals surface area contributed by atoms with Crippen LogP contribution >= 0.6 is 23.4 Å². The summed E-state index contributed by atoms with van der Waals surface area (Å²) < 4.78 is 0. The topological polar surface area (TPSA) is 25.8 Å². The summed E-state index contributed by atoms with van der Waals surface area (Å²) in [5.41, 5.74) is 0.834. The Morgan fingerprint density at radius 2 is 1.71 bits per heavy atom. The summed E-state index contributed by atoms with van der Waals surface area (Å²) >= 11 is 7.21. The van der Waals surface area contributed by atoms with Crippen LogP contribution in [0, 0.1) is 6.92 Å². The van der Waals surface area contributed by atoms with Crippen LogP contribution in [0.3, 0.4) is 0 Å². The molecule has 14 heavy (non-hydrogen) atoms. The van der Waals surface area contributed by atoms with E-state index < -0.39 is 0 Å². The third-order valence-corrected chi connectivity index (χ3v) is 2.01. The number of nitrogens with zero attached hydrogens (tertiary/aromatic N) is 2. The summed E-state index contributed by atoms with van der Waals surface area (Å²) in [7, 11) is 0. The van der Waals surface area contributed by atoms with Gasteiger partial charge in [-0.2, -0.15) is 0 Å². The van der Waals surface area contributed by atoms with E-state index in [1.807, 2.05) is 40.9 Å².